The van der Waals surface area contributed by atoms with Gasteiger partial charge in [-0.1, -0.05) is 30.3 Å². The first-order valence-corrected chi connectivity index (χ1v) is 12.8. The summed E-state index contributed by atoms with van der Waals surface area (Å²) in [5.74, 6) is -10.7. The van der Waals surface area contributed by atoms with Gasteiger partial charge >= 0.3 is 12.0 Å². The quantitative estimate of drug-likeness (QED) is 0.196. The molecule has 1 aliphatic carbocycles. The molecule has 0 radical (unpaired) electrons. The number of fused-ring (bicyclic) bond motifs is 1. The van der Waals surface area contributed by atoms with E-state index in [0.29, 0.717) is 11.7 Å². The van der Waals surface area contributed by atoms with Crippen LogP contribution in [0.1, 0.15) is 43.6 Å². The molecule has 1 heterocycles. The number of carboxylic acids is 1. The van der Waals surface area contributed by atoms with Crippen molar-refractivity contribution in [1.82, 2.24) is 0 Å². The minimum Gasteiger partial charge on any atom is -0.490 e. The van der Waals surface area contributed by atoms with Crippen molar-refractivity contribution in [3.63, 3.8) is 0 Å². The maximum atomic E-state index is 14.1. The van der Waals surface area contributed by atoms with Crippen LogP contribution in [0.2, 0.25) is 0 Å². The van der Waals surface area contributed by atoms with Gasteiger partial charge in [-0.05, 0) is 66.3 Å². The van der Waals surface area contributed by atoms with Gasteiger partial charge in [-0.25, -0.2) is 26.7 Å². The van der Waals surface area contributed by atoms with Crippen LogP contribution >= 0.6 is 0 Å². The predicted octanol–water partition coefficient (Wildman–Crippen LogP) is 7.23. The molecule has 1 fully saturated rings. The third kappa shape index (κ3) is 5.32. The zero-order chi connectivity index (χ0) is 28.6. The minimum atomic E-state index is -2.31. The Kier molecular flexibility index (Phi) is 7.64. The van der Waals surface area contributed by atoms with Crippen LogP contribution in [0.25, 0.3) is 11.1 Å². The zero-order valence-corrected chi connectivity index (χ0v) is 21.2. The summed E-state index contributed by atoms with van der Waals surface area (Å²) < 4.78 is 74.3. The highest BCUT2D eigenvalue weighted by Crippen LogP contribution is 2.39. The molecule has 1 saturated carbocycles. The first-order valence-electron chi connectivity index (χ1n) is 12.8. The normalized spacial score (nSPS) is 18.6. The van der Waals surface area contributed by atoms with E-state index in [1.54, 1.807) is 23.5 Å². The van der Waals surface area contributed by atoms with Crippen LogP contribution in [-0.4, -0.2) is 30.3 Å². The summed E-state index contributed by atoms with van der Waals surface area (Å²) in [4.78, 5) is 24.9. The average Bonchev–Trinajstić information content (AvgIpc) is 2.97. The lowest BCUT2D eigenvalue weighted by Gasteiger charge is -2.30. The van der Waals surface area contributed by atoms with E-state index in [1.165, 1.54) is 5.56 Å². The van der Waals surface area contributed by atoms with Gasteiger partial charge in [0.05, 0.1) is 12.2 Å². The van der Waals surface area contributed by atoms with Gasteiger partial charge in [-0.3, -0.25) is 9.69 Å². The second-order valence-electron chi connectivity index (χ2n) is 10.00. The number of aliphatic carboxylic acids is 1. The lowest BCUT2D eigenvalue weighted by Crippen LogP contribution is -2.41. The highest BCUT2D eigenvalue weighted by atomic mass is 19.2. The maximum Gasteiger partial charge on any atom is 0.326 e. The Hall–Kier alpha value is -4.15. The lowest BCUT2D eigenvalue weighted by molar-refractivity contribution is -0.138. The van der Waals surface area contributed by atoms with Gasteiger partial charge in [0.1, 0.15) is 18.0 Å². The van der Waals surface area contributed by atoms with Gasteiger partial charge in [0.25, 0.3) is 0 Å². The second kappa shape index (κ2) is 11.1. The monoisotopic (exact) mass is 560 g/mol. The van der Waals surface area contributed by atoms with E-state index in [9.17, 15) is 31.5 Å². The summed E-state index contributed by atoms with van der Waals surface area (Å²) in [6, 6.07) is 12.0. The Morgan fingerprint density at radius 1 is 0.850 bits per heavy atom. The fourth-order valence-corrected chi connectivity index (χ4v) is 5.39. The molecule has 1 aliphatic heterocycles. The lowest BCUT2D eigenvalue weighted by atomic mass is 9.77. The number of hydrogen-bond acceptors (Lipinski definition) is 3. The van der Waals surface area contributed by atoms with E-state index in [1.807, 2.05) is 24.3 Å². The van der Waals surface area contributed by atoms with Crippen molar-refractivity contribution in [1.29, 1.82) is 0 Å². The molecule has 2 N–H and O–H groups in total. The number of hydrogen-bond donors (Lipinski definition) is 2. The molecular formula is C29H25F5N2O4. The van der Waals surface area contributed by atoms with Crippen LogP contribution in [-0.2, 0) is 4.79 Å². The van der Waals surface area contributed by atoms with Crippen molar-refractivity contribution in [3.8, 4) is 16.9 Å². The number of ether oxygens (including phenoxy) is 1. The van der Waals surface area contributed by atoms with Crippen molar-refractivity contribution in [3.05, 3.63) is 77.1 Å². The van der Waals surface area contributed by atoms with Crippen molar-refractivity contribution in [2.75, 3.05) is 23.4 Å². The Balaban J connectivity index is 1.30. The number of halogens is 5. The van der Waals surface area contributed by atoms with E-state index in [0.717, 1.165) is 41.7 Å². The highest BCUT2D eigenvalue weighted by Gasteiger charge is 2.30. The molecule has 0 aromatic heterocycles. The third-order valence-corrected chi connectivity index (χ3v) is 7.54. The average molecular weight is 561 g/mol. The number of amides is 2. The van der Waals surface area contributed by atoms with Gasteiger partial charge in [0, 0.05) is 6.42 Å². The Bertz CT molecular complexity index is 1430. The summed E-state index contributed by atoms with van der Waals surface area (Å²) in [6.45, 7) is 0.0292. The molecule has 3 aromatic carbocycles. The van der Waals surface area contributed by atoms with E-state index in [-0.39, 0.29) is 31.2 Å². The molecule has 2 aliphatic rings. The highest BCUT2D eigenvalue weighted by molar-refractivity contribution is 6.03. The molecule has 210 valence electrons. The van der Waals surface area contributed by atoms with Gasteiger partial charge in [0.15, 0.2) is 23.3 Å². The summed E-state index contributed by atoms with van der Waals surface area (Å²) in [7, 11) is 0. The van der Waals surface area contributed by atoms with Gasteiger partial charge in [0.2, 0.25) is 5.82 Å². The first kappa shape index (κ1) is 27.4. The summed E-state index contributed by atoms with van der Waals surface area (Å²) >= 11 is 0. The fourth-order valence-electron chi connectivity index (χ4n) is 5.39. The van der Waals surface area contributed by atoms with E-state index in [4.69, 9.17) is 9.84 Å². The van der Waals surface area contributed by atoms with E-state index < -0.39 is 46.8 Å². The summed E-state index contributed by atoms with van der Waals surface area (Å²) in [5.41, 5.74) is 1.70. The van der Waals surface area contributed by atoms with Crippen molar-refractivity contribution >= 4 is 23.4 Å². The molecule has 0 bridgehead atoms. The first-order chi connectivity index (χ1) is 19.1. The van der Waals surface area contributed by atoms with Gasteiger partial charge < -0.3 is 15.2 Å². The van der Waals surface area contributed by atoms with E-state index in [2.05, 4.69) is 0 Å². The maximum absolute atomic E-state index is 14.1. The second-order valence-corrected chi connectivity index (χ2v) is 10.00. The number of urea groups is 1. The molecule has 0 saturated heterocycles. The third-order valence-electron chi connectivity index (χ3n) is 7.54. The standard InChI is InChI=1S/C29H25F5N2O4/c30-23-24(31)26(33)28(27(34)25(23)32)35-29(39)36-11-12-40-21-14-19(9-10-20(21)36)18-7-5-17(6-8-18)16-3-1-15(2-4-16)13-22(37)38/h5-10,14-16H,1-4,11-13H2,(H,35,39)(H,37,38)/t15-,16-. The number of nitrogens with zero attached hydrogens (tertiary/aromatic N) is 1. The number of anilines is 2. The number of carbonyl (C=O) groups excluding carboxylic acids is 1. The molecule has 11 heteroatoms. The molecule has 5 rings (SSSR count). The molecule has 0 spiro atoms. The fraction of sp³-hybridized carbons (Fsp3) is 0.310. The Morgan fingerprint density at radius 2 is 1.45 bits per heavy atom. The smallest absolute Gasteiger partial charge is 0.326 e. The van der Waals surface area contributed by atoms with Crippen LogP contribution in [0.4, 0.5) is 38.1 Å². The zero-order valence-electron chi connectivity index (χ0n) is 21.2. The predicted molar refractivity (Wildman–Crippen MR) is 137 cm³/mol. The van der Waals surface area contributed by atoms with Crippen LogP contribution in [0.15, 0.2) is 42.5 Å². The van der Waals surface area contributed by atoms with Crippen molar-refractivity contribution in [2.45, 2.75) is 38.0 Å². The van der Waals surface area contributed by atoms with Gasteiger partial charge in [-0.15, -0.1) is 0 Å². The Labute approximate surface area is 226 Å². The molecule has 6 nitrogen and oxygen atoms in total. The number of carbonyl (C=O) groups is 2. The summed E-state index contributed by atoms with van der Waals surface area (Å²) in [6.07, 6.45) is 3.85. The summed E-state index contributed by atoms with van der Waals surface area (Å²) in [5, 5.41) is 10.8. The SMILES string of the molecule is O=C(O)C[C@H]1CC[C@H](c2ccc(-c3ccc4c(c3)OCCN4C(=O)Nc3c(F)c(F)c(F)c(F)c3F)cc2)CC1. The molecular weight excluding hydrogens is 535 g/mol. The number of carboxylic acid groups (broad SMARTS) is 1. The Morgan fingerprint density at radius 3 is 2.08 bits per heavy atom. The van der Waals surface area contributed by atoms with Crippen LogP contribution in [0.3, 0.4) is 0 Å². The van der Waals surface area contributed by atoms with Crippen LogP contribution < -0.4 is 15.0 Å². The number of benzene rings is 3. The molecule has 3 aromatic rings. The number of rotatable bonds is 5. The van der Waals surface area contributed by atoms with Crippen LogP contribution in [0, 0.1) is 35.0 Å². The molecule has 40 heavy (non-hydrogen) atoms. The van der Waals surface area contributed by atoms with Crippen LogP contribution in [0.5, 0.6) is 5.75 Å². The van der Waals surface area contributed by atoms with Crippen molar-refractivity contribution in [2.24, 2.45) is 5.92 Å². The molecule has 2 amide bonds. The topological polar surface area (TPSA) is 78.9 Å². The minimum absolute atomic E-state index is 0.0169. The molecule has 0 unspecified atom stereocenters. The molecule has 0 atom stereocenters. The van der Waals surface area contributed by atoms with Gasteiger partial charge in [-0.2, -0.15) is 0 Å². The van der Waals surface area contributed by atoms with E-state index >= 15 is 0 Å². The van der Waals surface area contributed by atoms with Crippen molar-refractivity contribution < 1.29 is 41.4 Å². The number of nitrogens with one attached hydrogen (secondary N) is 1. The largest absolute Gasteiger partial charge is 0.490 e.